The molecule has 0 aliphatic heterocycles. The van der Waals surface area contributed by atoms with Crippen LogP contribution >= 0.6 is 11.6 Å². The molecule has 0 saturated carbocycles. The Labute approximate surface area is 120 Å². The standard InChI is InChI=1S/C16H21ClO2/c1-11(2)14-10-13(17)8-6-12(14)7-9-15(18)19-16(3,4)5/h6-11H,1-5H3/b9-7+. The quantitative estimate of drug-likeness (QED) is 0.586. The summed E-state index contributed by atoms with van der Waals surface area (Å²) in [4.78, 5) is 11.6. The number of carbonyl (C=O) groups excluding carboxylic acids is 1. The highest BCUT2D eigenvalue weighted by atomic mass is 35.5. The first-order valence-electron chi connectivity index (χ1n) is 6.39. The SMILES string of the molecule is CC(C)c1cc(Cl)ccc1/C=C/C(=O)OC(C)(C)C. The third-order valence-electron chi connectivity index (χ3n) is 2.48. The Morgan fingerprint density at radius 2 is 1.95 bits per heavy atom. The number of halogens is 1. The van der Waals surface area contributed by atoms with Crippen molar-refractivity contribution in [1.82, 2.24) is 0 Å². The molecule has 3 heteroatoms. The summed E-state index contributed by atoms with van der Waals surface area (Å²) in [7, 11) is 0. The van der Waals surface area contributed by atoms with Gasteiger partial charge in [0.15, 0.2) is 0 Å². The van der Waals surface area contributed by atoms with E-state index in [-0.39, 0.29) is 5.97 Å². The van der Waals surface area contributed by atoms with Gasteiger partial charge < -0.3 is 4.74 Å². The van der Waals surface area contributed by atoms with E-state index in [2.05, 4.69) is 13.8 Å². The van der Waals surface area contributed by atoms with Gasteiger partial charge in [0.05, 0.1) is 0 Å². The first-order chi connectivity index (χ1) is 8.69. The maximum atomic E-state index is 11.6. The number of esters is 1. The summed E-state index contributed by atoms with van der Waals surface area (Å²) in [6.45, 7) is 9.73. The molecule has 2 nitrogen and oxygen atoms in total. The molecule has 0 aliphatic rings. The van der Waals surface area contributed by atoms with E-state index in [1.807, 2.05) is 39.0 Å². The zero-order valence-corrected chi connectivity index (χ0v) is 12.9. The zero-order valence-electron chi connectivity index (χ0n) is 12.2. The molecule has 0 amide bonds. The number of carbonyl (C=O) groups is 1. The Morgan fingerprint density at radius 1 is 1.32 bits per heavy atom. The summed E-state index contributed by atoms with van der Waals surface area (Å²) in [5, 5.41) is 0.707. The van der Waals surface area contributed by atoms with Gasteiger partial charge >= 0.3 is 5.97 Å². The first kappa shape index (κ1) is 15.8. The van der Waals surface area contributed by atoms with Crippen LogP contribution in [0.4, 0.5) is 0 Å². The van der Waals surface area contributed by atoms with E-state index in [4.69, 9.17) is 16.3 Å². The lowest BCUT2D eigenvalue weighted by Gasteiger charge is -2.18. The van der Waals surface area contributed by atoms with E-state index in [1.165, 1.54) is 6.08 Å². The van der Waals surface area contributed by atoms with Crippen LogP contribution in [0.3, 0.4) is 0 Å². The molecule has 0 unspecified atom stereocenters. The molecule has 0 spiro atoms. The van der Waals surface area contributed by atoms with Crippen LogP contribution in [0.5, 0.6) is 0 Å². The average molecular weight is 281 g/mol. The second-order valence-corrected chi connectivity index (χ2v) is 6.23. The highest BCUT2D eigenvalue weighted by Gasteiger charge is 2.14. The van der Waals surface area contributed by atoms with Gasteiger partial charge in [-0.05, 0) is 56.0 Å². The molecule has 1 aromatic carbocycles. The minimum Gasteiger partial charge on any atom is -0.457 e. The highest BCUT2D eigenvalue weighted by molar-refractivity contribution is 6.30. The summed E-state index contributed by atoms with van der Waals surface area (Å²) >= 11 is 6.00. The fraction of sp³-hybridized carbons (Fsp3) is 0.438. The van der Waals surface area contributed by atoms with Crippen LogP contribution in [0.25, 0.3) is 6.08 Å². The van der Waals surface area contributed by atoms with Gasteiger partial charge in [0, 0.05) is 11.1 Å². The molecule has 0 bridgehead atoms. The molecule has 0 aromatic heterocycles. The maximum Gasteiger partial charge on any atom is 0.331 e. The Bertz CT molecular complexity index is 482. The van der Waals surface area contributed by atoms with E-state index < -0.39 is 5.60 Å². The third-order valence-corrected chi connectivity index (χ3v) is 2.71. The van der Waals surface area contributed by atoms with E-state index in [9.17, 15) is 4.79 Å². The van der Waals surface area contributed by atoms with Crippen LogP contribution in [0, 0.1) is 0 Å². The summed E-state index contributed by atoms with van der Waals surface area (Å²) in [6.07, 6.45) is 3.24. The molecule has 0 saturated heterocycles. The number of hydrogen-bond donors (Lipinski definition) is 0. The largest absolute Gasteiger partial charge is 0.457 e. The Hall–Kier alpha value is -1.28. The molecule has 0 aliphatic carbocycles. The normalized spacial score (nSPS) is 12.2. The molecule has 1 rings (SSSR count). The van der Waals surface area contributed by atoms with E-state index in [0.29, 0.717) is 10.9 Å². The van der Waals surface area contributed by atoms with Crippen molar-refractivity contribution < 1.29 is 9.53 Å². The molecule has 0 N–H and O–H groups in total. The van der Waals surface area contributed by atoms with Gasteiger partial charge in [-0.25, -0.2) is 4.79 Å². The van der Waals surface area contributed by atoms with Crippen molar-refractivity contribution in [3.63, 3.8) is 0 Å². The van der Waals surface area contributed by atoms with Gasteiger partial charge in [0.1, 0.15) is 5.60 Å². The summed E-state index contributed by atoms with van der Waals surface area (Å²) in [5.74, 6) is 0.00847. The summed E-state index contributed by atoms with van der Waals surface area (Å²) in [6, 6.07) is 5.67. The van der Waals surface area contributed by atoms with Crippen molar-refractivity contribution >= 4 is 23.6 Å². The van der Waals surface area contributed by atoms with Gasteiger partial charge in [-0.15, -0.1) is 0 Å². The lowest BCUT2D eigenvalue weighted by atomic mass is 9.97. The van der Waals surface area contributed by atoms with Crippen LogP contribution in [0.2, 0.25) is 5.02 Å². The molecule has 0 heterocycles. The van der Waals surface area contributed by atoms with Crippen LogP contribution in [-0.2, 0) is 9.53 Å². The van der Waals surface area contributed by atoms with Gasteiger partial charge in [0.2, 0.25) is 0 Å². The van der Waals surface area contributed by atoms with Crippen molar-refractivity contribution in [3.8, 4) is 0 Å². The topological polar surface area (TPSA) is 26.3 Å². The van der Waals surface area contributed by atoms with E-state index in [1.54, 1.807) is 6.08 Å². The molecule has 0 atom stereocenters. The molecule has 19 heavy (non-hydrogen) atoms. The van der Waals surface area contributed by atoms with Crippen molar-refractivity contribution in [2.75, 3.05) is 0 Å². The average Bonchev–Trinajstić information content (AvgIpc) is 2.24. The second kappa shape index (κ2) is 6.25. The molecule has 0 fully saturated rings. The van der Waals surface area contributed by atoms with Crippen molar-refractivity contribution in [1.29, 1.82) is 0 Å². The van der Waals surface area contributed by atoms with E-state index in [0.717, 1.165) is 11.1 Å². The Kier molecular flexibility index (Phi) is 5.19. The molecular formula is C16H21ClO2. The fourth-order valence-electron chi connectivity index (χ4n) is 1.69. The first-order valence-corrected chi connectivity index (χ1v) is 6.77. The number of ether oxygens (including phenoxy) is 1. The molecule has 0 radical (unpaired) electrons. The predicted molar refractivity (Wildman–Crippen MR) is 80.4 cm³/mol. The van der Waals surface area contributed by atoms with Gasteiger partial charge in [-0.2, -0.15) is 0 Å². The van der Waals surface area contributed by atoms with Crippen molar-refractivity contribution in [3.05, 3.63) is 40.4 Å². The minimum atomic E-state index is -0.470. The smallest absolute Gasteiger partial charge is 0.331 e. The number of rotatable bonds is 3. The lowest BCUT2D eigenvalue weighted by molar-refractivity contribution is -0.148. The Balaban J connectivity index is 2.90. The fourth-order valence-corrected chi connectivity index (χ4v) is 1.87. The third kappa shape index (κ3) is 5.48. The van der Waals surface area contributed by atoms with Crippen molar-refractivity contribution in [2.24, 2.45) is 0 Å². The van der Waals surface area contributed by atoms with Crippen molar-refractivity contribution in [2.45, 2.75) is 46.1 Å². The monoisotopic (exact) mass is 280 g/mol. The van der Waals surface area contributed by atoms with Crippen LogP contribution in [-0.4, -0.2) is 11.6 Å². The summed E-state index contributed by atoms with van der Waals surface area (Å²) in [5.41, 5.74) is 1.64. The summed E-state index contributed by atoms with van der Waals surface area (Å²) < 4.78 is 5.23. The van der Waals surface area contributed by atoms with Gasteiger partial charge in [-0.3, -0.25) is 0 Å². The second-order valence-electron chi connectivity index (χ2n) is 5.79. The maximum absolute atomic E-state index is 11.6. The van der Waals surface area contributed by atoms with Crippen LogP contribution in [0.1, 0.15) is 51.7 Å². The molecule has 104 valence electrons. The highest BCUT2D eigenvalue weighted by Crippen LogP contribution is 2.24. The van der Waals surface area contributed by atoms with E-state index >= 15 is 0 Å². The lowest BCUT2D eigenvalue weighted by Crippen LogP contribution is -2.22. The predicted octanol–water partition coefficient (Wildman–Crippen LogP) is 4.82. The minimum absolute atomic E-state index is 0.336. The van der Waals surface area contributed by atoms with Gasteiger partial charge in [0.25, 0.3) is 0 Å². The van der Waals surface area contributed by atoms with Crippen LogP contribution < -0.4 is 0 Å². The molecular weight excluding hydrogens is 260 g/mol. The Morgan fingerprint density at radius 3 is 2.47 bits per heavy atom. The van der Waals surface area contributed by atoms with Gasteiger partial charge in [-0.1, -0.05) is 31.5 Å². The molecule has 1 aromatic rings. The zero-order chi connectivity index (χ0) is 14.6. The van der Waals surface area contributed by atoms with Crippen LogP contribution in [0.15, 0.2) is 24.3 Å². The number of hydrogen-bond acceptors (Lipinski definition) is 2. The number of benzene rings is 1.